The summed E-state index contributed by atoms with van der Waals surface area (Å²) in [5.74, 6) is -0.0995. The van der Waals surface area contributed by atoms with E-state index in [1.165, 1.54) is 24.6 Å². The van der Waals surface area contributed by atoms with Crippen LogP contribution in [0.5, 0.6) is 5.75 Å². The van der Waals surface area contributed by atoms with Crippen LogP contribution in [0.3, 0.4) is 0 Å². The van der Waals surface area contributed by atoms with Crippen LogP contribution >= 0.6 is 0 Å². The SMILES string of the molecule is N#CC(C#N)=C(C#N)Nc1cc(F)ccc1OC1CCCCC1. The lowest BCUT2D eigenvalue weighted by atomic mass is 9.98. The number of allylic oxidation sites excluding steroid dienone is 2. The van der Waals surface area contributed by atoms with E-state index in [4.69, 9.17) is 20.5 Å². The summed E-state index contributed by atoms with van der Waals surface area (Å²) >= 11 is 0. The highest BCUT2D eigenvalue weighted by Gasteiger charge is 2.18. The molecule has 0 radical (unpaired) electrons. The molecule has 0 atom stereocenters. The molecule has 1 aromatic rings. The Bertz CT molecular complexity index is 714. The zero-order valence-electron chi connectivity index (χ0n) is 12.5. The third kappa shape index (κ3) is 4.22. The summed E-state index contributed by atoms with van der Waals surface area (Å²) < 4.78 is 19.4. The van der Waals surface area contributed by atoms with Gasteiger partial charge in [-0.3, -0.25) is 0 Å². The predicted octanol–water partition coefficient (Wildman–Crippen LogP) is 3.77. The molecule has 0 unspecified atom stereocenters. The molecule has 1 aliphatic rings. The van der Waals surface area contributed by atoms with Crippen LogP contribution in [0.2, 0.25) is 0 Å². The summed E-state index contributed by atoms with van der Waals surface area (Å²) in [6, 6.07) is 8.96. The van der Waals surface area contributed by atoms with Gasteiger partial charge in [-0.2, -0.15) is 15.8 Å². The predicted molar refractivity (Wildman–Crippen MR) is 81.4 cm³/mol. The number of halogens is 1. The summed E-state index contributed by atoms with van der Waals surface area (Å²) in [5.41, 5.74) is -0.357. The lowest BCUT2D eigenvalue weighted by molar-refractivity contribution is 0.156. The highest BCUT2D eigenvalue weighted by atomic mass is 19.1. The van der Waals surface area contributed by atoms with Gasteiger partial charge >= 0.3 is 0 Å². The third-order valence-electron chi connectivity index (χ3n) is 3.63. The van der Waals surface area contributed by atoms with Crippen molar-refractivity contribution in [1.82, 2.24) is 0 Å². The summed E-state index contributed by atoms with van der Waals surface area (Å²) in [5, 5.41) is 29.5. The van der Waals surface area contributed by atoms with Crippen molar-refractivity contribution in [3.8, 4) is 24.0 Å². The number of hydrogen-bond acceptors (Lipinski definition) is 5. The lowest BCUT2D eigenvalue weighted by Gasteiger charge is -2.24. The average molecular weight is 310 g/mol. The normalized spacial score (nSPS) is 14.0. The first-order valence-electron chi connectivity index (χ1n) is 7.35. The number of hydrogen-bond donors (Lipinski definition) is 1. The number of benzene rings is 1. The largest absolute Gasteiger partial charge is 0.488 e. The van der Waals surface area contributed by atoms with Gasteiger partial charge in [-0.1, -0.05) is 6.42 Å². The number of ether oxygens (including phenoxy) is 1. The summed E-state index contributed by atoms with van der Waals surface area (Å²) in [6.45, 7) is 0. The molecule has 1 fully saturated rings. The van der Waals surface area contributed by atoms with Gasteiger partial charge in [-0.25, -0.2) is 4.39 Å². The van der Waals surface area contributed by atoms with E-state index in [2.05, 4.69) is 5.32 Å². The second kappa shape index (κ2) is 7.82. The van der Waals surface area contributed by atoms with E-state index in [1.807, 2.05) is 0 Å². The molecule has 0 heterocycles. The van der Waals surface area contributed by atoms with E-state index in [0.29, 0.717) is 5.75 Å². The van der Waals surface area contributed by atoms with Crippen molar-refractivity contribution >= 4 is 5.69 Å². The zero-order valence-corrected chi connectivity index (χ0v) is 12.5. The van der Waals surface area contributed by atoms with Crippen LogP contribution < -0.4 is 10.1 Å². The Hall–Kier alpha value is -3.04. The standard InChI is InChI=1S/C17H15FN4O/c18-13-6-7-17(23-14-4-2-1-3-5-14)15(8-13)22-16(11-21)12(9-19)10-20/h6-8,14,22H,1-5H2. The molecule has 1 N–H and O–H groups in total. The first-order valence-corrected chi connectivity index (χ1v) is 7.35. The van der Waals surface area contributed by atoms with Gasteiger partial charge in [0.05, 0.1) is 11.8 Å². The van der Waals surface area contributed by atoms with E-state index in [-0.39, 0.29) is 23.1 Å². The molecule has 0 amide bonds. The Morgan fingerprint density at radius 3 is 2.39 bits per heavy atom. The molecule has 23 heavy (non-hydrogen) atoms. The Morgan fingerprint density at radius 2 is 1.78 bits per heavy atom. The van der Waals surface area contributed by atoms with Crippen LogP contribution in [0.25, 0.3) is 0 Å². The molecule has 1 saturated carbocycles. The minimum absolute atomic E-state index is 0.0516. The van der Waals surface area contributed by atoms with Crippen molar-refractivity contribution in [2.24, 2.45) is 0 Å². The molecule has 1 aromatic carbocycles. The minimum Gasteiger partial charge on any atom is -0.488 e. The monoisotopic (exact) mass is 310 g/mol. The fourth-order valence-corrected chi connectivity index (χ4v) is 2.48. The molecule has 0 aliphatic heterocycles. The molecule has 0 saturated heterocycles. The molecule has 0 bridgehead atoms. The first-order chi connectivity index (χ1) is 11.2. The van der Waals surface area contributed by atoms with Gasteiger partial charge in [0.2, 0.25) is 0 Å². The number of nitrogens with zero attached hydrogens (tertiary/aromatic N) is 3. The Labute approximate surface area is 134 Å². The molecule has 5 nitrogen and oxygen atoms in total. The van der Waals surface area contributed by atoms with E-state index in [0.717, 1.165) is 25.7 Å². The average Bonchev–Trinajstić information content (AvgIpc) is 2.58. The summed E-state index contributed by atoms with van der Waals surface area (Å²) in [4.78, 5) is 0. The van der Waals surface area contributed by atoms with Crippen LogP contribution in [0.15, 0.2) is 29.5 Å². The maximum absolute atomic E-state index is 13.5. The quantitative estimate of drug-likeness (QED) is 0.854. The van der Waals surface area contributed by atoms with Crippen LogP contribution in [0.1, 0.15) is 32.1 Å². The second-order valence-electron chi connectivity index (χ2n) is 5.23. The van der Waals surface area contributed by atoms with Crippen LogP contribution in [0.4, 0.5) is 10.1 Å². The van der Waals surface area contributed by atoms with E-state index in [1.54, 1.807) is 18.2 Å². The number of nitriles is 3. The minimum atomic E-state index is -0.503. The van der Waals surface area contributed by atoms with Gasteiger partial charge in [-0.05, 0) is 37.8 Å². The second-order valence-corrected chi connectivity index (χ2v) is 5.23. The van der Waals surface area contributed by atoms with E-state index < -0.39 is 5.82 Å². The van der Waals surface area contributed by atoms with Gasteiger partial charge in [-0.15, -0.1) is 0 Å². The maximum Gasteiger partial charge on any atom is 0.163 e. The van der Waals surface area contributed by atoms with E-state index >= 15 is 0 Å². The molecule has 0 spiro atoms. The Kier molecular flexibility index (Phi) is 5.56. The number of rotatable bonds is 4. The topological polar surface area (TPSA) is 92.6 Å². The Balaban J connectivity index is 2.29. The lowest BCUT2D eigenvalue weighted by Crippen LogP contribution is -2.20. The van der Waals surface area contributed by atoms with Gasteiger partial charge in [0.15, 0.2) is 5.57 Å². The third-order valence-corrected chi connectivity index (χ3v) is 3.63. The van der Waals surface area contributed by atoms with Crippen molar-refractivity contribution in [2.75, 3.05) is 5.32 Å². The fourth-order valence-electron chi connectivity index (χ4n) is 2.48. The van der Waals surface area contributed by atoms with Crippen molar-refractivity contribution < 1.29 is 9.13 Å². The fraction of sp³-hybridized carbons (Fsp3) is 0.353. The van der Waals surface area contributed by atoms with E-state index in [9.17, 15) is 4.39 Å². The van der Waals surface area contributed by atoms with Gasteiger partial charge < -0.3 is 10.1 Å². The van der Waals surface area contributed by atoms with Gasteiger partial charge in [0, 0.05) is 6.07 Å². The van der Waals surface area contributed by atoms with Crippen molar-refractivity contribution in [1.29, 1.82) is 15.8 Å². The summed E-state index contributed by atoms with van der Waals surface area (Å²) in [6.07, 6.45) is 5.27. The number of anilines is 1. The van der Waals surface area contributed by atoms with Crippen molar-refractivity contribution in [3.63, 3.8) is 0 Å². The van der Waals surface area contributed by atoms with Gasteiger partial charge in [0.25, 0.3) is 0 Å². The molecule has 6 heteroatoms. The molecule has 2 rings (SSSR count). The summed E-state index contributed by atoms with van der Waals surface area (Å²) in [7, 11) is 0. The van der Waals surface area contributed by atoms with Crippen molar-refractivity contribution in [2.45, 2.75) is 38.2 Å². The Morgan fingerprint density at radius 1 is 1.09 bits per heavy atom. The number of nitrogens with one attached hydrogen (secondary N) is 1. The molecular formula is C17H15FN4O. The van der Waals surface area contributed by atoms with Crippen molar-refractivity contribution in [3.05, 3.63) is 35.3 Å². The maximum atomic E-state index is 13.5. The van der Waals surface area contributed by atoms with Crippen LogP contribution in [-0.2, 0) is 0 Å². The molecule has 0 aromatic heterocycles. The highest BCUT2D eigenvalue weighted by molar-refractivity contribution is 5.64. The molecular weight excluding hydrogens is 295 g/mol. The van der Waals surface area contributed by atoms with Gasteiger partial charge in [0.1, 0.15) is 35.5 Å². The first kappa shape index (κ1) is 16.3. The molecule has 1 aliphatic carbocycles. The van der Waals surface area contributed by atoms with Crippen LogP contribution in [0, 0.1) is 39.8 Å². The molecule has 116 valence electrons. The smallest absolute Gasteiger partial charge is 0.163 e. The van der Waals surface area contributed by atoms with Crippen LogP contribution in [-0.4, -0.2) is 6.10 Å². The zero-order chi connectivity index (χ0) is 16.7. The highest BCUT2D eigenvalue weighted by Crippen LogP contribution is 2.31.